The summed E-state index contributed by atoms with van der Waals surface area (Å²) in [5.74, 6) is 2.08. The van der Waals surface area contributed by atoms with Gasteiger partial charge in [0.15, 0.2) is 0 Å². The van der Waals surface area contributed by atoms with Crippen molar-refractivity contribution >= 4 is 5.82 Å². The number of aryl methyl sites for hydroxylation is 1. The average Bonchev–Trinajstić information content (AvgIpc) is 2.28. The molecule has 0 spiro atoms. The van der Waals surface area contributed by atoms with Crippen LogP contribution in [0.3, 0.4) is 0 Å². The third-order valence-corrected chi connectivity index (χ3v) is 2.67. The number of nitrogen functional groups attached to an aromatic ring is 1. The van der Waals surface area contributed by atoms with Crippen molar-refractivity contribution in [3.8, 4) is 11.6 Å². The molecule has 0 aliphatic rings. The highest BCUT2D eigenvalue weighted by atomic mass is 16.5. The van der Waals surface area contributed by atoms with E-state index in [-0.39, 0.29) is 0 Å². The molecule has 94 valence electrons. The average molecular weight is 243 g/mol. The monoisotopic (exact) mass is 243 g/mol. The van der Waals surface area contributed by atoms with E-state index in [4.69, 9.17) is 10.5 Å². The molecule has 0 amide bonds. The zero-order chi connectivity index (χ0) is 13.1. The number of benzene rings is 1. The van der Waals surface area contributed by atoms with Gasteiger partial charge >= 0.3 is 0 Å². The molecule has 0 saturated heterocycles. The third kappa shape index (κ3) is 2.77. The molecular formula is C14H17N3O. The third-order valence-electron chi connectivity index (χ3n) is 2.67. The molecule has 0 radical (unpaired) electrons. The Bertz CT molecular complexity index is 552. The molecule has 0 fully saturated rings. The molecule has 0 aliphatic heterocycles. The van der Waals surface area contributed by atoms with Crippen molar-refractivity contribution in [2.24, 2.45) is 0 Å². The van der Waals surface area contributed by atoms with Gasteiger partial charge < -0.3 is 10.5 Å². The SMILES string of the molecule is Cc1ccc(C(C)C)c(Oc2cc(N)ncn2)c1. The summed E-state index contributed by atoms with van der Waals surface area (Å²) >= 11 is 0. The lowest BCUT2D eigenvalue weighted by Crippen LogP contribution is -1.97. The number of anilines is 1. The van der Waals surface area contributed by atoms with Crippen molar-refractivity contribution in [2.45, 2.75) is 26.7 Å². The van der Waals surface area contributed by atoms with Gasteiger partial charge in [-0.2, -0.15) is 0 Å². The molecule has 2 aromatic rings. The maximum Gasteiger partial charge on any atom is 0.224 e. The molecule has 4 nitrogen and oxygen atoms in total. The maximum atomic E-state index is 5.80. The topological polar surface area (TPSA) is 61.0 Å². The van der Waals surface area contributed by atoms with Gasteiger partial charge in [-0.3, -0.25) is 0 Å². The second-order valence-corrected chi connectivity index (χ2v) is 4.58. The van der Waals surface area contributed by atoms with Crippen LogP contribution in [0.2, 0.25) is 0 Å². The van der Waals surface area contributed by atoms with E-state index in [2.05, 4.69) is 35.9 Å². The van der Waals surface area contributed by atoms with Crippen LogP contribution in [0.4, 0.5) is 5.82 Å². The van der Waals surface area contributed by atoms with Crippen molar-refractivity contribution < 1.29 is 4.74 Å². The van der Waals surface area contributed by atoms with E-state index in [0.717, 1.165) is 16.9 Å². The van der Waals surface area contributed by atoms with Gasteiger partial charge in [0, 0.05) is 6.07 Å². The molecule has 2 rings (SSSR count). The molecule has 1 heterocycles. The van der Waals surface area contributed by atoms with Gasteiger partial charge in [0.1, 0.15) is 17.9 Å². The Labute approximate surface area is 107 Å². The largest absolute Gasteiger partial charge is 0.439 e. The number of hydrogen-bond acceptors (Lipinski definition) is 4. The van der Waals surface area contributed by atoms with Gasteiger partial charge in [-0.1, -0.05) is 26.0 Å². The highest BCUT2D eigenvalue weighted by Crippen LogP contribution is 2.30. The van der Waals surface area contributed by atoms with Gasteiger partial charge in [-0.25, -0.2) is 9.97 Å². The Morgan fingerprint density at radius 3 is 2.61 bits per heavy atom. The van der Waals surface area contributed by atoms with E-state index >= 15 is 0 Å². The normalized spacial score (nSPS) is 10.7. The van der Waals surface area contributed by atoms with Crippen molar-refractivity contribution in [3.63, 3.8) is 0 Å². The summed E-state index contributed by atoms with van der Waals surface area (Å²) in [5, 5.41) is 0. The summed E-state index contributed by atoms with van der Waals surface area (Å²) in [6.07, 6.45) is 1.40. The maximum absolute atomic E-state index is 5.80. The van der Waals surface area contributed by atoms with Crippen LogP contribution >= 0.6 is 0 Å². The van der Waals surface area contributed by atoms with Crippen LogP contribution in [0.25, 0.3) is 0 Å². The van der Waals surface area contributed by atoms with Crippen LogP contribution in [0.15, 0.2) is 30.6 Å². The Hall–Kier alpha value is -2.10. The Kier molecular flexibility index (Phi) is 3.46. The number of ether oxygens (including phenoxy) is 1. The zero-order valence-corrected chi connectivity index (χ0v) is 10.8. The molecule has 18 heavy (non-hydrogen) atoms. The summed E-state index contributed by atoms with van der Waals surface area (Å²) in [4.78, 5) is 7.89. The number of rotatable bonds is 3. The number of nitrogens with two attached hydrogens (primary N) is 1. The predicted molar refractivity (Wildman–Crippen MR) is 71.8 cm³/mol. The Morgan fingerprint density at radius 1 is 1.17 bits per heavy atom. The Balaban J connectivity index is 2.36. The van der Waals surface area contributed by atoms with Crippen LogP contribution in [-0.4, -0.2) is 9.97 Å². The van der Waals surface area contributed by atoms with Gasteiger partial charge in [0.25, 0.3) is 0 Å². The smallest absolute Gasteiger partial charge is 0.224 e. The number of aromatic nitrogens is 2. The number of hydrogen-bond donors (Lipinski definition) is 1. The molecule has 1 aromatic carbocycles. The second-order valence-electron chi connectivity index (χ2n) is 4.58. The molecule has 0 aliphatic carbocycles. The summed E-state index contributed by atoms with van der Waals surface area (Å²) in [6, 6.07) is 7.79. The fraction of sp³-hybridized carbons (Fsp3) is 0.286. The van der Waals surface area contributed by atoms with Crippen LogP contribution in [0.5, 0.6) is 11.6 Å². The molecule has 2 N–H and O–H groups in total. The van der Waals surface area contributed by atoms with E-state index in [1.807, 2.05) is 13.0 Å². The van der Waals surface area contributed by atoms with Crippen molar-refractivity contribution in [3.05, 3.63) is 41.7 Å². The fourth-order valence-electron chi connectivity index (χ4n) is 1.73. The first-order valence-electron chi connectivity index (χ1n) is 5.92. The van der Waals surface area contributed by atoms with Gasteiger partial charge in [-0.15, -0.1) is 0 Å². The summed E-state index contributed by atoms with van der Waals surface area (Å²) in [6.45, 7) is 6.29. The lowest BCUT2D eigenvalue weighted by molar-refractivity contribution is 0.453. The molecule has 1 aromatic heterocycles. The van der Waals surface area contributed by atoms with E-state index < -0.39 is 0 Å². The molecule has 0 unspecified atom stereocenters. The van der Waals surface area contributed by atoms with Gasteiger partial charge in [-0.05, 0) is 30.0 Å². The van der Waals surface area contributed by atoms with Gasteiger partial charge in [0.2, 0.25) is 5.88 Å². The highest BCUT2D eigenvalue weighted by molar-refractivity contribution is 5.42. The summed E-state index contributed by atoms with van der Waals surface area (Å²) < 4.78 is 5.80. The predicted octanol–water partition coefficient (Wildman–Crippen LogP) is 3.28. The highest BCUT2D eigenvalue weighted by Gasteiger charge is 2.09. The first-order chi connectivity index (χ1) is 8.56. The van der Waals surface area contributed by atoms with E-state index in [0.29, 0.717) is 17.6 Å². The summed E-state index contributed by atoms with van der Waals surface area (Å²) in [5.41, 5.74) is 7.91. The standard InChI is InChI=1S/C14H17N3O/c1-9(2)11-5-4-10(3)6-12(11)18-14-7-13(15)16-8-17-14/h4-9H,1-3H3,(H2,15,16,17). The minimum absolute atomic E-state index is 0.389. The first-order valence-corrected chi connectivity index (χ1v) is 5.92. The minimum atomic E-state index is 0.389. The van der Waals surface area contributed by atoms with Crippen molar-refractivity contribution in [1.82, 2.24) is 9.97 Å². The van der Waals surface area contributed by atoms with E-state index in [9.17, 15) is 0 Å². The van der Waals surface area contributed by atoms with E-state index in [1.54, 1.807) is 6.07 Å². The minimum Gasteiger partial charge on any atom is -0.439 e. The Morgan fingerprint density at radius 2 is 1.94 bits per heavy atom. The van der Waals surface area contributed by atoms with Crippen LogP contribution in [0.1, 0.15) is 30.9 Å². The molecular weight excluding hydrogens is 226 g/mol. The zero-order valence-electron chi connectivity index (χ0n) is 10.8. The molecule has 0 atom stereocenters. The fourth-order valence-corrected chi connectivity index (χ4v) is 1.73. The molecule has 0 bridgehead atoms. The lowest BCUT2D eigenvalue weighted by Gasteiger charge is -2.13. The number of nitrogens with zero attached hydrogens (tertiary/aromatic N) is 2. The van der Waals surface area contributed by atoms with Crippen molar-refractivity contribution in [2.75, 3.05) is 5.73 Å². The lowest BCUT2D eigenvalue weighted by atomic mass is 10.0. The van der Waals surface area contributed by atoms with Crippen LogP contribution < -0.4 is 10.5 Å². The van der Waals surface area contributed by atoms with Gasteiger partial charge in [0.05, 0.1) is 0 Å². The van der Waals surface area contributed by atoms with Crippen LogP contribution in [0, 0.1) is 6.92 Å². The quantitative estimate of drug-likeness (QED) is 0.898. The second kappa shape index (κ2) is 5.04. The molecule has 0 saturated carbocycles. The van der Waals surface area contributed by atoms with E-state index in [1.165, 1.54) is 6.33 Å². The van der Waals surface area contributed by atoms with Crippen LogP contribution in [-0.2, 0) is 0 Å². The first kappa shape index (κ1) is 12.4. The van der Waals surface area contributed by atoms with Crippen molar-refractivity contribution in [1.29, 1.82) is 0 Å². The molecule has 4 heteroatoms. The summed E-state index contributed by atoms with van der Waals surface area (Å²) in [7, 11) is 0.